The Kier molecular flexibility index (Phi) is 6.70. The fraction of sp³-hybridized carbons (Fsp3) is 0.444. The number of halogens is 3. The summed E-state index contributed by atoms with van der Waals surface area (Å²) in [6, 6.07) is 8.98. The second-order valence-corrected chi connectivity index (χ2v) is 10.4. The molecule has 37 heavy (non-hydrogen) atoms. The van der Waals surface area contributed by atoms with Gasteiger partial charge in [0.05, 0.1) is 23.2 Å². The maximum Gasteiger partial charge on any atom is 0.391 e. The van der Waals surface area contributed by atoms with Gasteiger partial charge < -0.3 is 15.5 Å². The zero-order chi connectivity index (χ0) is 26.3. The van der Waals surface area contributed by atoms with E-state index in [2.05, 4.69) is 15.6 Å². The lowest BCUT2D eigenvalue weighted by atomic mass is 9.75. The van der Waals surface area contributed by atoms with Crippen LogP contribution >= 0.6 is 0 Å². The molecule has 1 saturated carbocycles. The van der Waals surface area contributed by atoms with Gasteiger partial charge in [-0.1, -0.05) is 6.07 Å². The van der Waals surface area contributed by atoms with Gasteiger partial charge in [0.25, 0.3) is 5.91 Å². The van der Waals surface area contributed by atoms with Crippen molar-refractivity contribution in [2.75, 3.05) is 24.7 Å². The van der Waals surface area contributed by atoms with Crippen molar-refractivity contribution in [1.82, 2.24) is 19.7 Å². The fourth-order valence-corrected chi connectivity index (χ4v) is 5.62. The predicted octanol–water partition coefficient (Wildman–Crippen LogP) is 5.74. The Balaban J connectivity index is 1.47. The van der Waals surface area contributed by atoms with Crippen molar-refractivity contribution in [3.8, 4) is 0 Å². The summed E-state index contributed by atoms with van der Waals surface area (Å²) in [6.45, 7) is 2.46. The number of carbonyl (C=O) groups is 1. The first-order valence-corrected chi connectivity index (χ1v) is 12.5. The van der Waals surface area contributed by atoms with Crippen molar-refractivity contribution in [3.05, 3.63) is 59.7 Å². The standard InChI is InChI=1S/C27H31F3N6O/c1-16-24(26(37)33-21-9-6-19-14-31-11-10-18(19)12-21)25(17-4-7-20(8-5-17)27(28,29)30)36-23(32-16)13-22(34-36)15-35(2)3/h6,9-14,17,20,25,32H,4-5,7-8,15H2,1-3H3,(H,33,37). The molecule has 1 aromatic carbocycles. The number of anilines is 2. The van der Waals surface area contributed by atoms with Crippen molar-refractivity contribution >= 4 is 28.2 Å². The van der Waals surface area contributed by atoms with Crippen LogP contribution in [0.3, 0.4) is 0 Å². The molecule has 3 aromatic rings. The van der Waals surface area contributed by atoms with E-state index in [-0.39, 0.29) is 24.7 Å². The summed E-state index contributed by atoms with van der Waals surface area (Å²) >= 11 is 0. The number of nitrogens with zero attached hydrogens (tertiary/aromatic N) is 4. The van der Waals surface area contributed by atoms with Gasteiger partial charge in [0.1, 0.15) is 5.82 Å². The number of alkyl halides is 3. The van der Waals surface area contributed by atoms with Crippen LogP contribution in [0.4, 0.5) is 24.7 Å². The lowest BCUT2D eigenvalue weighted by molar-refractivity contribution is -0.184. The highest BCUT2D eigenvalue weighted by Crippen LogP contribution is 2.47. The molecular weight excluding hydrogens is 481 g/mol. The van der Waals surface area contributed by atoms with Crippen LogP contribution in [0.15, 0.2) is 54.0 Å². The molecular formula is C27H31F3N6O. The van der Waals surface area contributed by atoms with Crippen LogP contribution < -0.4 is 10.6 Å². The summed E-state index contributed by atoms with van der Waals surface area (Å²) in [6.07, 6.45) is 0.151. The smallest absolute Gasteiger partial charge is 0.344 e. The molecule has 196 valence electrons. The molecule has 2 aliphatic rings. The number of aromatic nitrogens is 3. The van der Waals surface area contributed by atoms with Crippen LogP contribution in [0.2, 0.25) is 0 Å². The Bertz CT molecular complexity index is 1340. The zero-order valence-electron chi connectivity index (χ0n) is 21.1. The quantitative estimate of drug-likeness (QED) is 0.456. The van der Waals surface area contributed by atoms with Crippen LogP contribution in [0.5, 0.6) is 0 Å². The fourth-order valence-electron chi connectivity index (χ4n) is 5.62. The minimum atomic E-state index is -4.19. The Morgan fingerprint density at radius 1 is 1.14 bits per heavy atom. The number of pyridine rings is 1. The van der Waals surface area contributed by atoms with Crippen LogP contribution in [-0.4, -0.2) is 45.8 Å². The first-order chi connectivity index (χ1) is 17.6. The second kappa shape index (κ2) is 9.81. The van der Waals surface area contributed by atoms with Crippen molar-refractivity contribution in [2.24, 2.45) is 11.8 Å². The maximum atomic E-state index is 13.7. The van der Waals surface area contributed by atoms with Crippen molar-refractivity contribution in [2.45, 2.75) is 51.4 Å². The van der Waals surface area contributed by atoms with E-state index in [0.717, 1.165) is 22.3 Å². The molecule has 2 N–H and O–H groups in total. The van der Waals surface area contributed by atoms with Crippen molar-refractivity contribution < 1.29 is 18.0 Å². The van der Waals surface area contributed by atoms with E-state index < -0.39 is 18.1 Å². The van der Waals surface area contributed by atoms with Crippen molar-refractivity contribution in [1.29, 1.82) is 0 Å². The van der Waals surface area contributed by atoms with Gasteiger partial charge in [0, 0.05) is 41.8 Å². The van der Waals surface area contributed by atoms with E-state index in [1.54, 1.807) is 12.4 Å². The Morgan fingerprint density at radius 2 is 1.89 bits per heavy atom. The lowest BCUT2D eigenvalue weighted by Gasteiger charge is -2.38. The Hall–Kier alpha value is -3.40. The van der Waals surface area contributed by atoms with E-state index in [9.17, 15) is 18.0 Å². The lowest BCUT2D eigenvalue weighted by Crippen LogP contribution is -2.37. The first-order valence-electron chi connectivity index (χ1n) is 12.5. The number of hydrogen-bond donors (Lipinski definition) is 2. The summed E-state index contributed by atoms with van der Waals surface area (Å²) in [5.41, 5.74) is 2.67. The number of rotatable bonds is 5. The van der Waals surface area contributed by atoms with Gasteiger partial charge in [0.15, 0.2) is 0 Å². The van der Waals surface area contributed by atoms with Crippen LogP contribution in [0.1, 0.15) is 44.3 Å². The number of amides is 1. The van der Waals surface area contributed by atoms with Gasteiger partial charge in [0.2, 0.25) is 0 Å². The summed E-state index contributed by atoms with van der Waals surface area (Å²) in [5, 5.41) is 13.0. The van der Waals surface area contributed by atoms with Crippen LogP contribution in [0.25, 0.3) is 10.8 Å². The molecule has 1 fully saturated rings. The molecule has 2 aromatic heterocycles. The number of fused-ring (bicyclic) bond motifs is 2. The third kappa shape index (κ3) is 5.20. The van der Waals surface area contributed by atoms with E-state index in [4.69, 9.17) is 5.10 Å². The van der Waals surface area contributed by atoms with Gasteiger partial charge in [-0.3, -0.25) is 9.78 Å². The molecule has 3 heterocycles. The molecule has 1 unspecified atom stereocenters. The first kappa shape index (κ1) is 25.3. The topological polar surface area (TPSA) is 75.1 Å². The predicted molar refractivity (Wildman–Crippen MR) is 137 cm³/mol. The molecule has 1 aliphatic heterocycles. The molecule has 5 rings (SSSR count). The van der Waals surface area contributed by atoms with E-state index in [0.29, 0.717) is 36.3 Å². The average Bonchev–Trinajstić information content (AvgIpc) is 3.23. The largest absolute Gasteiger partial charge is 0.391 e. The van der Waals surface area contributed by atoms with Gasteiger partial charge in [-0.2, -0.15) is 18.3 Å². The molecule has 7 nitrogen and oxygen atoms in total. The molecule has 0 saturated heterocycles. The minimum absolute atomic E-state index is 0.0614. The zero-order valence-corrected chi connectivity index (χ0v) is 21.1. The summed E-state index contributed by atoms with van der Waals surface area (Å²) in [4.78, 5) is 19.9. The highest BCUT2D eigenvalue weighted by Gasteiger charge is 2.45. The van der Waals surface area contributed by atoms with Gasteiger partial charge >= 0.3 is 6.18 Å². The normalized spacial score (nSPS) is 22.2. The van der Waals surface area contributed by atoms with Crippen LogP contribution in [-0.2, 0) is 11.3 Å². The van der Waals surface area contributed by atoms with E-state index >= 15 is 0 Å². The number of hydrogen-bond acceptors (Lipinski definition) is 5. The van der Waals surface area contributed by atoms with Crippen molar-refractivity contribution in [3.63, 3.8) is 0 Å². The third-order valence-corrected chi connectivity index (χ3v) is 7.37. The minimum Gasteiger partial charge on any atom is -0.344 e. The summed E-state index contributed by atoms with van der Waals surface area (Å²) in [7, 11) is 3.90. The number of benzene rings is 1. The Morgan fingerprint density at radius 3 is 2.59 bits per heavy atom. The monoisotopic (exact) mass is 512 g/mol. The molecule has 1 aliphatic carbocycles. The number of allylic oxidation sites excluding steroid dienone is 1. The summed E-state index contributed by atoms with van der Waals surface area (Å²) in [5.74, 6) is -0.949. The second-order valence-electron chi connectivity index (χ2n) is 10.4. The molecule has 1 atom stereocenters. The van der Waals surface area contributed by atoms with Gasteiger partial charge in [-0.05, 0) is 76.2 Å². The molecule has 10 heteroatoms. The molecule has 0 spiro atoms. The number of nitrogens with one attached hydrogen (secondary N) is 2. The van der Waals surface area contributed by atoms with E-state index in [1.807, 2.05) is 60.9 Å². The Labute approximate surface area is 213 Å². The molecule has 0 bridgehead atoms. The molecule has 0 radical (unpaired) electrons. The van der Waals surface area contributed by atoms with E-state index in [1.165, 1.54) is 0 Å². The van der Waals surface area contributed by atoms with Gasteiger partial charge in [-0.25, -0.2) is 4.68 Å². The number of carbonyl (C=O) groups excluding carboxylic acids is 1. The van der Waals surface area contributed by atoms with Gasteiger partial charge in [-0.15, -0.1) is 0 Å². The molecule has 1 amide bonds. The maximum absolute atomic E-state index is 13.7. The third-order valence-electron chi connectivity index (χ3n) is 7.37. The highest BCUT2D eigenvalue weighted by molar-refractivity contribution is 6.06. The van der Waals surface area contributed by atoms with Crippen LogP contribution in [0, 0.1) is 11.8 Å². The summed E-state index contributed by atoms with van der Waals surface area (Å²) < 4.78 is 42.0. The SMILES string of the molecule is CC1=C(C(=O)Nc2ccc3cnccc3c2)C(C2CCC(C(F)(F)F)CC2)n2nc(CN(C)C)cc2N1. The average molecular weight is 513 g/mol. The highest BCUT2D eigenvalue weighted by atomic mass is 19.4.